The van der Waals surface area contributed by atoms with Crippen molar-refractivity contribution in [1.29, 1.82) is 5.26 Å². The van der Waals surface area contributed by atoms with Gasteiger partial charge in [0.05, 0.1) is 22.9 Å². The van der Waals surface area contributed by atoms with E-state index in [-0.39, 0.29) is 16.3 Å². The smallest absolute Gasteiger partial charge is 0.416 e. The normalized spacial score (nSPS) is 11.6. The van der Waals surface area contributed by atoms with E-state index in [0.717, 1.165) is 12.1 Å². The first-order valence-corrected chi connectivity index (χ1v) is 8.15. The lowest BCUT2D eigenvalue weighted by molar-refractivity contribution is -0.137. The number of nitrogens with zero attached hydrogens (tertiary/aromatic N) is 1. The van der Waals surface area contributed by atoms with Crippen molar-refractivity contribution in [2.75, 3.05) is 11.9 Å². The van der Waals surface area contributed by atoms with Crippen LogP contribution < -0.4 is 10.1 Å². The number of rotatable bonds is 5. The molecular weight excluding hydrogens is 381 g/mol. The second-order valence-corrected chi connectivity index (χ2v) is 5.73. The summed E-state index contributed by atoms with van der Waals surface area (Å²) in [6, 6.07) is 10.9. The summed E-state index contributed by atoms with van der Waals surface area (Å²) in [6.07, 6.45) is -3.27. The third-order valence-corrected chi connectivity index (χ3v) is 3.74. The van der Waals surface area contributed by atoms with E-state index < -0.39 is 17.6 Å². The first-order valence-electron chi connectivity index (χ1n) is 7.77. The number of carbonyl (C=O) groups is 1. The van der Waals surface area contributed by atoms with Crippen molar-refractivity contribution < 1.29 is 22.7 Å². The zero-order valence-electron chi connectivity index (χ0n) is 14.1. The van der Waals surface area contributed by atoms with Crippen LogP contribution in [0.15, 0.2) is 48.0 Å². The molecule has 0 heterocycles. The van der Waals surface area contributed by atoms with Gasteiger partial charge in [0.15, 0.2) is 0 Å². The monoisotopic (exact) mass is 394 g/mol. The van der Waals surface area contributed by atoms with Crippen LogP contribution in [0.25, 0.3) is 6.08 Å². The van der Waals surface area contributed by atoms with Crippen LogP contribution in [0.2, 0.25) is 5.02 Å². The van der Waals surface area contributed by atoms with Crippen molar-refractivity contribution in [3.05, 3.63) is 64.2 Å². The Labute approximate surface area is 158 Å². The minimum Gasteiger partial charge on any atom is -0.494 e. The quantitative estimate of drug-likeness (QED) is 0.552. The summed E-state index contributed by atoms with van der Waals surface area (Å²) < 4.78 is 43.7. The Morgan fingerprint density at radius 3 is 2.48 bits per heavy atom. The second-order valence-electron chi connectivity index (χ2n) is 5.32. The highest BCUT2D eigenvalue weighted by Crippen LogP contribution is 2.34. The van der Waals surface area contributed by atoms with Gasteiger partial charge in [-0.25, -0.2) is 0 Å². The molecule has 4 nitrogen and oxygen atoms in total. The molecule has 0 saturated heterocycles. The van der Waals surface area contributed by atoms with E-state index in [0.29, 0.717) is 24.0 Å². The van der Waals surface area contributed by atoms with Gasteiger partial charge in [0.25, 0.3) is 5.91 Å². The largest absolute Gasteiger partial charge is 0.494 e. The van der Waals surface area contributed by atoms with E-state index in [9.17, 15) is 23.2 Å². The van der Waals surface area contributed by atoms with Crippen LogP contribution in [-0.2, 0) is 11.0 Å². The van der Waals surface area contributed by atoms with E-state index in [1.54, 1.807) is 30.3 Å². The number of carbonyl (C=O) groups excluding carboxylic acids is 1. The Bertz CT molecular complexity index is 901. The van der Waals surface area contributed by atoms with Gasteiger partial charge >= 0.3 is 6.18 Å². The zero-order valence-corrected chi connectivity index (χ0v) is 14.9. The first kappa shape index (κ1) is 20.3. The molecule has 140 valence electrons. The van der Waals surface area contributed by atoms with Crippen molar-refractivity contribution in [1.82, 2.24) is 0 Å². The topological polar surface area (TPSA) is 62.1 Å². The fourth-order valence-electron chi connectivity index (χ4n) is 2.13. The summed E-state index contributed by atoms with van der Waals surface area (Å²) >= 11 is 5.85. The summed E-state index contributed by atoms with van der Waals surface area (Å²) in [6.45, 7) is 2.34. The highest BCUT2D eigenvalue weighted by molar-refractivity contribution is 6.34. The SMILES string of the molecule is CCOc1ccc(/C=C(\C#N)C(=O)Nc2cc(C(F)(F)F)ccc2Cl)cc1. The average Bonchev–Trinajstić information content (AvgIpc) is 2.62. The third-order valence-electron chi connectivity index (χ3n) is 3.41. The lowest BCUT2D eigenvalue weighted by Gasteiger charge is -2.11. The Morgan fingerprint density at radius 1 is 1.26 bits per heavy atom. The van der Waals surface area contributed by atoms with Crippen LogP contribution in [-0.4, -0.2) is 12.5 Å². The Hall–Kier alpha value is -2.98. The lowest BCUT2D eigenvalue weighted by Crippen LogP contribution is -2.15. The predicted molar refractivity (Wildman–Crippen MR) is 96.3 cm³/mol. The van der Waals surface area contributed by atoms with Crippen molar-refractivity contribution >= 4 is 29.3 Å². The number of ether oxygens (including phenoxy) is 1. The molecule has 1 amide bonds. The van der Waals surface area contributed by atoms with Gasteiger partial charge in [0.2, 0.25) is 0 Å². The fourth-order valence-corrected chi connectivity index (χ4v) is 2.29. The molecule has 2 rings (SSSR count). The number of anilines is 1. The number of alkyl halides is 3. The number of amides is 1. The molecule has 0 aliphatic carbocycles. The van der Waals surface area contributed by atoms with Gasteiger partial charge in [0.1, 0.15) is 17.4 Å². The molecule has 0 spiro atoms. The van der Waals surface area contributed by atoms with Gasteiger partial charge in [-0.15, -0.1) is 0 Å². The molecule has 8 heteroatoms. The molecule has 0 bridgehead atoms. The number of hydrogen-bond acceptors (Lipinski definition) is 3. The molecule has 0 fully saturated rings. The highest BCUT2D eigenvalue weighted by atomic mass is 35.5. The van der Waals surface area contributed by atoms with E-state index in [2.05, 4.69) is 5.32 Å². The highest BCUT2D eigenvalue weighted by Gasteiger charge is 2.31. The molecule has 2 aromatic rings. The minimum atomic E-state index is -4.58. The summed E-state index contributed by atoms with van der Waals surface area (Å²) in [5.74, 6) is -0.235. The van der Waals surface area contributed by atoms with Crippen molar-refractivity contribution in [2.24, 2.45) is 0 Å². The maximum Gasteiger partial charge on any atom is 0.416 e. The second kappa shape index (κ2) is 8.60. The molecule has 2 aromatic carbocycles. The molecule has 0 aliphatic rings. The molecule has 0 aromatic heterocycles. The predicted octanol–water partition coefficient (Wildman–Crippen LogP) is 5.30. The van der Waals surface area contributed by atoms with Crippen LogP contribution in [0.3, 0.4) is 0 Å². The first-order chi connectivity index (χ1) is 12.7. The molecule has 1 N–H and O–H groups in total. The molecule has 0 unspecified atom stereocenters. The van der Waals surface area contributed by atoms with E-state index >= 15 is 0 Å². The van der Waals surface area contributed by atoms with E-state index in [1.807, 2.05) is 6.92 Å². The van der Waals surface area contributed by atoms with Gasteiger partial charge in [-0.3, -0.25) is 4.79 Å². The van der Waals surface area contributed by atoms with Gasteiger partial charge in [-0.1, -0.05) is 23.7 Å². The maximum absolute atomic E-state index is 12.8. The van der Waals surface area contributed by atoms with E-state index in [1.165, 1.54) is 6.08 Å². The average molecular weight is 395 g/mol. The molecular formula is C19H14ClF3N2O2. The summed E-state index contributed by atoms with van der Waals surface area (Å²) in [5, 5.41) is 11.4. The minimum absolute atomic E-state index is 0.0743. The van der Waals surface area contributed by atoms with Crippen molar-refractivity contribution in [3.63, 3.8) is 0 Å². The third kappa shape index (κ3) is 5.50. The zero-order chi connectivity index (χ0) is 20.0. The molecule has 27 heavy (non-hydrogen) atoms. The number of benzene rings is 2. The Morgan fingerprint density at radius 2 is 1.93 bits per heavy atom. The van der Waals surface area contributed by atoms with E-state index in [4.69, 9.17) is 16.3 Å². The molecule has 0 atom stereocenters. The molecule has 0 radical (unpaired) electrons. The maximum atomic E-state index is 12.8. The lowest BCUT2D eigenvalue weighted by atomic mass is 10.1. The molecule has 0 saturated carbocycles. The van der Waals surface area contributed by atoms with Crippen molar-refractivity contribution in [2.45, 2.75) is 13.1 Å². The Kier molecular flexibility index (Phi) is 6.48. The standard InChI is InChI=1S/C19H14ClF3N2O2/c1-2-27-15-6-3-12(4-7-15)9-13(11-24)18(26)25-17-10-14(19(21,22)23)5-8-16(17)20/h3-10H,2H2,1H3,(H,25,26)/b13-9+. The number of nitriles is 1. The number of halogens is 4. The van der Waals surface area contributed by atoms with Gasteiger partial charge < -0.3 is 10.1 Å². The van der Waals surface area contributed by atoms with Gasteiger partial charge in [-0.2, -0.15) is 18.4 Å². The van der Waals surface area contributed by atoms with Gasteiger partial charge in [-0.05, 0) is 48.9 Å². The number of hydrogen-bond donors (Lipinski definition) is 1. The molecule has 0 aliphatic heterocycles. The fraction of sp³-hybridized carbons (Fsp3) is 0.158. The van der Waals surface area contributed by atoms with Crippen LogP contribution in [0.1, 0.15) is 18.1 Å². The van der Waals surface area contributed by atoms with Gasteiger partial charge in [0, 0.05) is 0 Å². The van der Waals surface area contributed by atoms with Crippen molar-refractivity contribution in [3.8, 4) is 11.8 Å². The van der Waals surface area contributed by atoms with Crippen LogP contribution >= 0.6 is 11.6 Å². The van der Waals surface area contributed by atoms with Crippen LogP contribution in [0, 0.1) is 11.3 Å². The Balaban J connectivity index is 2.24. The summed E-state index contributed by atoms with van der Waals surface area (Å²) in [7, 11) is 0. The number of nitrogens with one attached hydrogen (secondary N) is 1. The van der Waals surface area contributed by atoms with Crippen LogP contribution in [0.4, 0.5) is 18.9 Å². The summed E-state index contributed by atoms with van der Waals surface area (Å²) in [5.41, 5.74) is -0.923. The van der Waals surface area contributed by atoms with Crippen LogP contribution in [0.5, 0.6) is 5.75 Å². The summed E-state index contributed by atoms with van der Waals surface area (Å²) in [4.78, 5) is 12.3.